The van der Waals surface area contributed by atoms with Gasteiger partial charge in [0.05, 0.1) is 0 Å². The normalized spacial score (nSPS) is 14.1. The van der Waals surface area contributed by atoms with E-state index < -0.39 is 0 Å². The van der Waals surface area contributed by atoms with Gasteiger partial charge in [-0.2, -0.15) is 0 Å². The molecule has 1 aliphatic heterocycles. The fourth-order valence-electron chi connectivity index (χ4n) is 2.21. The Morgan fingerprint density at radius 3 is 2.76 bits per heavy atom. The number of rotatable bonds is 1. The molecule has 1 aliphatic rings. The number of carbonyl (C=O) groups is 2. The van der Waals surface area contributed by atoms with Crippen LogP contribution in [0.1, 0.15) is 16.1 Å². The molecule has 0 saturated heterocycles. The Morgan fingerprint density at radius 2 is 2.00 bits per heavy atom. The predicted molar refractivity (Wildman–Crippen MR) is 81.7 cm³/mol. The van der Waals surface area contributed by atoms with Gasteiger partial charge in [-0.15, -0.1) is 0 Å². The molecule has 0 radical (unpaired) electrons. The van der Waals surface area contributed by atoms with Gasteiger partial charge in [0.15, 0.2) is 0 Å². The van der Waals surface area contributed by atoms with Gasteiger partial charge in [0.25, 0.3) is 5.91 Å². The second kappa shape index (κ2) is 5.65. The van der Waals surface area contributed by atoms with Crippen molar-refractivity contribution < 1.29 is 9.59 Å². The summed E-state index contributed by atoms with van der Waals surface area (Å²) in [7, 11) is 0. The Labute approximate surface area is 130 Å². The van der Waals surface area contributed by atoms with Crippen LogP contribution >= 0.6 is 15.9 Å². The van der Waals surface area contributed by atoms with Gasteiger partial charge in [0.2, 0.25) is 5.91 Å². The van der Waals surface area contributed by atoms with Crippen LogP contribution in [0.3, 0.4) is 0 Å². The summed E-state index contributed by atoms with van der Waals surface area (Å²) in [5.41, 5.74) is 1.99. The number of para-hydroxylation sites is 1. The number of aromatic nitrogens is 1. The SMILES string of the molecule is O=C1CN(C(=O)c2ccc(Br)cn2)Cc2ccccc2N1. The number of nitrogens with zero attached hydrogens (tertiary/aromatic N) is 2. The fourth-order valence-corrected chi connectivity index (χ4v) is 2.45. The molecule has 0 spiro atoms. The van der Waals surface area contributed by atoms with Crippen molar-refractivity contribution in [2.75, 3.05) is 11.9 Å². The highest BCUT2D eigenvalue weighted by atomic mass is 79.9. The third kappa shape index (κ3) is 2.95. The summed E-state index contributed by atoms with van der Waals surface area (Å²) in [5, 5.41) is 2.81. The number of halogens is 1. The molecule has 2 heterocycles. The molecule has 2 aromatic rings. The van der Waals surface area contributed by atoms with Gasteiger partial charge in [-0.25, -0.2) is 4.98 Å². The molecule has 0 atom stereocenters. The lowest BCUT2D eigenvalue weighted by Crippen LogP contribution is -2.35. The van der Waals surface area contributed by atoms with E-state index in [1.165, 1.54) is 4.90 Å². The molecule has 1 aromatic carbocycles. The van der Waals surface area contributed by atoms with Crippen LogP contribution in [0, 0.1) is 0 Å². The molecule has 0 fully saturated rings. The first kappa shape index (κ1) is 13.8. The van der Waals surface area contributed by atoms with Crippen molar-refractivity contribution in [2.24, 2.45) is 0 Å². The number of anilines is 1. The topological polar surface area (TPSA) is 62.3 Å². The molecule has 1 aromatic heterocycles. The first-order valence-electron chi connectivity index (χ1n) is 6.42. The number of benzene rings is 1. The van der Waals surface area contributed by atoms with Crippen LogP contribution in [-0.4, -0.2) is 28.2 Å². The summed E-state index contributed by atoms with van der Waals surface area (Å²) < 4.78 is 0.804. The zero-order chi connectivity index (χ0) is 14.8. The maximum Gasteiger partial charge on any atom is 0.273 e. The summed E-state index contributed by atoms with van der Waals surface area (Å²) in [6.45, 7) is 0.400. The van der Waals surface area contributed by atoms with Crippen molar-refractivity contribution in [1.82, 2.24) is 9.88 Å². The number of carbonyl (C=O) groups excluding carboxylic acids is 2. The molecule has 6 heteroatoms. The minimum absolute atomic E-state index is 0.0191. The summed E-state index contributed by atoms with van der Waals surface area (Å²) >= 11 is 3.28. The minimum Gasteiger partial charge on any atom is -0.324 e. The maximum absolute atomic E-state index is 12.5. The quantitative estimate of drug-likeness (QED) is 0.863. The van der Waals surface area contributed by atoms with Crippen LogP contribution in [-0.2, 0) is 11.3 Å². The zero-order valence-corrected chi connectivity index (χ0v) is 12.6. The average molecular weight is 346 g/mol. The van der Waals surface area contributed by atoms with Crippen molar-refractivity contribution in [3.8, 4) is 0 Å². The second-order valence-electron chi connectivity index (χ2n) is 4.73. The predicted octanol–water partition coefficient (Wildman–Crippen LogP) is 2.44. The van der Waals surface area contributed by atoms with Gasteiger partial charge < -0.3 is 10.2 Å². The minimum atomic E-state index is -0.255. The molecule has 0 unspecified atom stereocenters. The Bertz CT molecular complexity index is 700. The summed E-state index contributed by atoms with van der Waals surface area (Å²) in [4.78, 5) is 30.0. The van der Waals surface area contributed by atoms with Crippen LogP contribution in [0.2, 0.25) is 0 Å². The lowest BCUT2D eigenvalue weighted by atomic mass is 10.1. The van der Waals surface area contributed by atoms with E-state index in [0.717, 1.165) is 15.7 Å². The Morgan fingerprint density at radius 1 is 1.19 bits per heavy atom. The summed E-state index contributed by atoms with van der Waals surface area (Å²) in [6, 6.07) is 10.9. The van der Waals surface area contributed by atoms with Crippen LogP contribution in [0.15, 0.2) is 47.1 Å². The fraction of sp³-hybridized carbons (Fsp3) is 0.133. The summed E-state index contributed by atoms with van der Waals surface area (Å²) in [5.74, 6) is -0.459. The summed E-state index contributed by atoms with van der Waals surface area (Å²) in [6.07, 6.45) is 1.57. The van der Waals surface area contributed by atoms with Crippen molar-refractivity contribution >= 4 is 33.4 Å². The van der Waals surface area contributed by atoms with Crippen molar-refractivity contribution in [1.29, 1.82) is 0 Å². The van der Waals surface area contributed by atoms with Gasteiger partial charge in [-0.1, -0.05) is 18.2 Å². The second-order valence-corrected chi connectivity index (χ2v) is 5.64. The molecule has 5 nitrogen and oxygen atoms in total. The number of hydrogen-bond donors (Lipinski definition) is 1. The third-order valence-corrected chi connectivity index (χ3v) is 3.69. The van der Waals surface area contributed by atoms with Crippen molar-refractivity contribution in [2.45, 2.75) is 6.54 Å². The van der Waals surface area contributed by atoms with E-state index in [0.29, 0.717) is 12.2 Å². The standard InChI is InChI=1S/C15H12BrN3O2/c16-11-5-6-13(17-7-11)15(21)19-8-10-3-1-2-4-12(10)18-14(20)9-19/h1-7H,8-9H2,(H,18,20). The monoisotopic (exact) mass is 345 g/mol. The van der Waals surface area contributed by atoms with Crippen LogP contribution in [0.5, 0.6) is 0 Å². The van der Waals surface area contributed by atoms with E-state index in [4.69, 9.17) is 0 Å². The molecule has 0 aliphatic carbocycles. The number of fused-ring (bicyclic) bond motifs is 1. The van der Waals surface area contributed by atoms with Gasteiger partial charge in [0.1, 0.15) is 12.2 Å². The van der Waals surface area contributed by atoms with E-state index in [1.807, 2.05) is 24.3 Å². The largest absolute Gasteiger partial charge is 0.324 e. The Kier molecular flexibility index (Phi) is 3.70. The molecular formula is C15H12BrN3O2. The molecule has 0 saturated carbocycles. The smallest absolute Gasteiger partial charge is 0.273 e. The highest BCUT2D eigenvalue weighted by Gasteiger charge is 2.24. The lowest BCUT2D eigenvalue weighted by Gasteiger charge is -2.19. The molecule has 106 valence electrons. The molecule has 2 amide bonds. The van der Waals surface area contributed by atoms with Crippen molar-refractivity contribution in [3.63, 3.8) is 0 Å². The molecule has 1 N–H and O–H groups in total. The Balaban J connectivity index is 1.90. The highest BCUT2D eigenvalue weighted by Crippen LogP contribution is 2.21. The number of pyridine rings is 1. The lowest BCUT2D eigenvalue weighted by molar-refractivity contribution is -0.116. The average Bonchev–Trinajstić information content (AvgIpc) is 2.65. The number of nitrogens with one attached hydrogen (secondary N) is 1. The molecule has 3 rings (SSSR count). The molecule has 21 heavy (non-hydrogen) atoms. The van der Waals surface area contributed by atoms with Crippen LogP contribution < -0.4 is 5.32 Å². The van der Waals surface area contributed by atoms with Gasteiger partial charge >= 0.3 is 0 Å². The first-order valence-corrected chi connectivity index (χ1v) is 7.21. The zero-order valence-electron chi connectivity index (χ0n) is 11.0. The molecular weight excluding hydrogens is 334 g/mol. The first-order chi connectivity index (χ1) is 10.1. The van der Waals surface area contributed by atoms with E-state index in [9.17, 15) is 9.59 Å². The van der Waals surface area contributed by atoms with Gasteiger partial charge in [0, 0.05) is 22.9 Å². The van der Waals surface area contributed by atoms with E-state index >= 15 is 0 Å². The highest BCUT2D eigenvalue weighted by molar-refractivity contribution is 9.10. The van der Waals surface area contributed by atoms with Gasteiger partial charge in [-0.05, 0) is 39.7 Å². The maximum atomic E-state index is 12.5. The van der Waals surface area contributed by atoms with E-state index in [-0.39, 0.29) is 18.4 Å². The van der Waals surface area contributed by atoms with E-state index in [1.54, 1.807) is 18.3 Å². The van der Waals surface area contributed by atoms with Gasteiger partial charge in [-0.3, -0.25) is 9.59 Å². The van der Waals surface area contributed by atoms with Crippen molar-refractivity contribution in [3.05, 3.63) is 58.3 Å². The number of hydrogen-bond acceptors (Lipinski definition) is 3. The Hall–Kier alpha value is -2.21. The molecule has 0 bridgehead atoms. The van der Waals surface area contributed by atoms with Crippen LogP contribution in [0.4, 0.5) is 5.69 Å². The number of amides is 2. The van der Waals surface area contributed by atoms with E-state index in [2.05, 4.69) is 26.2 Å². The van der Waals surface area contributed by atoms with Crippen LogP contribution in [0.25, 0.3) is 0 Å². The third-order valence-electron chi connectivity index (χ3n) is 3.22.